The number of halogens is 2. The van der Waals surface area contributed by atoms with Crippen molar-refractivity contribution < 1.29 is 27.9 Å². The fourth-order valence-corrected chi connectivity index (χ4v) is 4.98. The van der Waals surface area contributed by atoms with E-state index in [0.717, 1.165) is 25.8 Å². The molecule has 0 N–H and O–H groups in total. The van der Waals surface area contributed by atoms with Gasteiger partial charge in [0.05, 0.1) is 13.3 Å². The van der Waals surface area contributed by atoms with Crippen LogP contribution in [-0.4, -0.2) is 49.9 Å². The topological polar surface area (TPSA) is 60.4 Å². The van der Waals surface area contributed by atoms with E-state index in [0.29, 0.717) is 5.56 Å². The average Bonchev–Trinajstić information content (AvgIpc) is 2.88. The number of carbonyl (C=O) groups excluding carboxylic acids is 1. The molecule has 1 amide bonds. The number of fused-ring (bicyclic) bond motifs is 2. The van der Waals surface area contributed by atoms with Crippen LogP contribution in [0.4, 0.5) is 8.78 Å². The van der Waals surface area contributed by atoms with Gasteiger partial charge < -0.3 is 19.2 Å². The van der Waals surface area contributed by atoms with Crippen LogP contribution < -0.4 is 9.47 Å². The van der Waals surface area contributed by atoms with Crippen molar-refractivity contribution in [3.8, 4) is 11.5 Å². The highest BCUT2D eigenvalue weighted by molar-refractivity contribution is 5.81. The summed E-state index contributed by atoms with van der Waals surface area (Å²) < 4.78 is 34.2. The van der Waals surface area contributed by atoms with Crippen molar-refractivity contribution in [2.75, 3.05) is 20.3 Å². The molecule has 1 heterocycles. The Labute approximate surface area is 169 Å². The van der Waals surface area contributed by atoms with Crippen LogP contribution in [0.2, 0.25) is 0 Å². The molecule has 3 rings (SSSR count). The fourth-order valence-electron chi connectivity index (χ4n) is 4.98. The maximum atomic E-state index is 12.6. The molecule has 6 nitrogen and oxygen atoms in total. The van der Waals surface area contributed by atoms with E-state index in [1.54, 1.807) is 6.07 Å². The molecule has 29 heavy (non-hydrogen) atoms. The summed E-state index contributed by atoms with van der Waals surface area (Å²) in [5, 5.41) is 3.83. The predicted octanol–water partition coefficient (Wildman–Crippen LogP) is 4.07. The van der Waals surface area contributed by atoms with Gasteiger partial charge in [-0.3, -0.25) is 4.79 Å². The lowest BCUT2D eigenvalue weighted by Crippen LogP contribution is -2.39. The molecule has 0 spiro atoms. The molecule has 0 radical (unpaired) electrons. The summed E-state index contributed by atoms with van der Waals surface area (Å²) in [7, 11) is 1.36. The van der Waals surface area contributed by atoms with E-state index in [1.165, 1.54) is 25.5 Å². The van der Waals surface area contributed by atoms with E-state index in [-0.39, 0.29) is 40.9 Å². The Morgan fingerprint density at radius 2 is 2.07 bits per heavy atom. The second-order valence-corrected chi connectivity index (χ2v) is 9.03. The van der Waals surface area contributed by atoms with Gasteiger partial charge in [0.2, 0.25) is 0 Å². The van der Waals surface area contributed by atoms with Crippen LogP contribution in [-0.2, 0) is 9.63 Å². The Hall–Kier alpha value is -2.38. The summed E-state index contributed by atoms with van der Waals surface area (Å²) in [5.41, 5.74) is 0.983. The minimum atomic E-state index is -2.93. The van der Waals surface area contributed by atoms with Crippen molar-refractivity contribution >= 4 is 12.1 Å². The summed E-state index contributed by atoms with van der Waals surface area (Å²) in [6.07, 6.45) is 4.56. The standard InChI is InChI=1S/C21H28F2N2O4/c1-20(2)8-15-9-21(3,12-20)13-25(15)18(26)11-28-24-10-14-5-6-16(29-19(22)23)17(7-14)27-4/h5-7,10,15,19H,8-9,11-13H2,1-4H3. The summed E-state index contributed by atoms with van der Waals surface area (Å²) in [6.45, 7) is 4.47. The fraction of sp³-hybridized carbons (Fsp3) is 0.619. The number of hydrogen-bond acceptors (Lipinski definition) is 5. The first kappa shape index (κ1) is 21.3. The molecule has 2 atom stereocenters. The molecular weight excluding hydrogens is 382 g/mol. The number of carbonyl (C=O) groups is 1. The van der Waals surface area contributed by atoms with Crippen molar-refractivity contribution in [3.63, 3.8) is 0 Å². The maximum Gasteiger partial charge on any atom is 0.387 e. The van der Waals surface area contributed by atoms with Crippen LogP contribution in [0.5, 0.6) is 11.5 Å². The van der Waals surface area contributed by atoms with Gasteiger partial charge in [-0.15, -0.1) is 0 Å². The molecule has 8 heteroatoms. The van der Waals surface area contributed by atoms with Crippen LogP contribution in [0, 0.1) is 10.8 Å². The molecule has 1 aliphatic carbocycles. The molecule has 1 aromatic carbocycles. The third-order valence-electron chi connectivity index (χ3n) is 5.60. The smallest absolute Gasteiger partial charge is 0.387 e. The molecule has 2 fully saturated rings. The number of benzene rings is 1. The first-order chi connectivity index (χ1) is 13.6. The molecule has 1 saturated heterocycles. The van der Waals surface area contributed by atoms with Gasteiger partial charge in [0.1, 0.15) is 0 Å². The second kappa shape index (κ2) is 8.16. The van der Waals surface area contributed by atoms with E-state index in [9.17, 15) is 13.6 Å². The number of nitrogens with zero attached hydrogens (tertiary/aromatic N) is 2. The van der Waals surface area contributed by atoms with Gasteiger partial charge in [0, 0.05) is 18.2 Å². The van der Waals surface area contributed by atoms with Gasteiger partial charge in [-0.1, -0.05) is 25.9 Å². The highest BCUT2D eigenvalue weighted by Gasteiger charge is 2.50. The van der Waals surface area contributed by atoms with Gasteiger partial charge in [-0.25, -0.2) is 0 Å². The summed E-state index contributed by atoms with van der Waals surface area (Å²) >= 11 is 0. The predicted molar refractivity (Wildman–Crippen MR) is 104 cm³/mol. The Bertz CT molecular complexity index is 784. The lowest BCUT2D eigenvalue weighted by atomic mass is 9.65. The number of oxime groups is 1. The quantitative estimate of drug-likeness (QED) is 0.502. The van der Waals surface area contributed by atoms with E-state index in [2.05, 4.69) is 30.7 Å². The highest BCUT2D eigenvalue weighted by Crippen LogP contribution is 2.52. The number of methoxy groups -OCH3 is 1. The summed E-state index contributed by atoms with van der Waals surface area (Å²) in [4.78, 5) is 19.8. The Morgan fingerprint density at radius 3 is 2.76 bits per heavy atom. The zero-order valence-electron chi connectivity index (χ0n) is 17.3. The molecular formula is C21H28F2N2O4. The van der Waals surface area contributed by atoms with Crippen LogP contribution in [0.3, 0.4) is 0 Å². The monoisotopic (exact) mass is 410 g/mol. The molecule has 160 valence electrons. The Morgan fingerprint density at radius 1 is 1.31 bits per heavy atom. The number of likely N-dealkylation sites (tertiary alicyclic amines) is 1. The van der Waals surface area contributed by atoms with Crippen molar-refractivity contribution in [3.05, 3.63) is 23.8 Å². The van der Waals surface area contributed by atoms with Crippen LogP contribution in [0.1, 0.15) is 45.6 Å². The van der Waals surface area contributed by atoms with Gasteiger partial charge in [0.15, 0.2) is 18.1 Å². The third-order valence-corrected chi connectivity index (χ3v) is 5.60. The van der Waals surface area contributed by atoms with E-state index in [4.69, 9.17) is 9.57 Å². The molecule has 1 saturated carbocycles. The maximum absolute atomic E-state index is 12.6. The van der Waals surface area contributed by atoms with Crippen molar-refractivity contribution in [2.24, 2.45) is 16.0 Å². The third kappa shape index (κ3) is 5.16. The second-order valence-electron chi connectivity index (χ2n) is 9.03. The van der Waals surface area contributed by atoms with Crippen LogP contribution >= 0.6 is 0 Å². The number of rotatable bonds is 7. The van der Waals surface area contributed by atoms with Crippen LogP contribution in [0.15, 0.2) is 23.4 Å². The number of hydrogen-bond donors (Lipinski definition) is 0. The Kier molecular flexibility index (Phi) is 6.00. The van der Waals surface area contributed by atoms with E-state index < -0.39 is 6.61 Å². The SMILES string of the molecule is COc1cc(C=NOCC(=O)N2CC3(C)CC2CC(C)(C)C3)ccc1OC(F)F. The largest absolute Gasteiger partial charge is 0.493 e. The minimum Gasteiger partial charge on any atom is -0.493 e. The zero-order chi connectivity index (χ0) is 21.2. The molecule has 1 aliphatic heterocycles. The molecule has 2 aliphatic rings. The zero-order valence-corrected chi connectivity index (χ0v) is 17.3. The lowest BCUT2D eigenvalue weighted by molar-refractivity contribution is -0.137. The van der Waals surface area contributed by atoms with Gasteiger partial charge in [-0.2, -0.15) is 8.78 Å². The minimum absolute atomic E-state index is 0.0627. The number of ether oxygens (including phenoxy) is 2. The van der Waals surface area contributed by atoms with Gasteiger partial charge in [-0.05, 0) is 48.3 Å². The molecule has 2 unspecified atom stereocenters. The van der Waals surface area contributed by atoms with Crippen molar-refractivity contribution in [1.82, 2.24) is 4.90 Å². The van der Waals surface area contributed by atoms with Gasteiger partial charge in [0.25, 0.3) is 5.91 Å². The normalized spacial score (nSPS) is 25.5. The first-order valence-corrected chi connectivity index (χ1v) is 9.68. The van der Waals surface area contributed by atoms with E-state index in [1.807, 2.05) is 4.90 Å². The van der Waals surface area contributed by atoms with E-state index >= 15 is 0 Å². The first-order valence-electron chi connectivity index (χ1n) is 9.68. The summed E-state index contributed by atoms with van der Waals surface area (Å²) in [5.74, 6) is 0.0321. The number of alkyl halides is 2. The average molecular weight is 410 g/mol. The lowest BCUT2D eigenvalue weighted by Gasteiger charge is -2.39. The van der Waals surface area contributed by atoms with Crippen molar-refractivity contribution in [2.45, 2.75) is 52.7 Å². The summed E-state index contributed by atoms with van der Waals surface area (Å²) in [6, 6.07) is 4.67. The Balaban J connectivity index is 1.55. The molecule has 0 aromatic heterocycles. The van der Waals surface area contributed by atoms with Crippen LogP contribution in [0.25, 0.3) is 0 Å². The van der Waals surface area contributed by atoms with Crippen molar-refractivity contribution in [1.29, 1.82) is 0 Å². The highest BCUT2D eigenvalue weighted by atomic mass is 19.3. The number of amides is 1. The molecule has 2 bridgehead atoms. The molecule has 1 aromatic rings. The van der Waals surface area contributed by atoms with Gasteiger partial charge >= 0.3 is 6.61 Å².